The second-order valence-corrected chi connectivity index (χ2v) is 15.3. The average molecular weight is 735 g/mol. The first-order valence-corrected chi connectivity index (χ1v) is 19.0. The molecule has 0 heterocycles. The summed E-state index contributed by atoms with van der Waals surface area (Å²) in [6.45, 7) is 4.96. The Kier molecular flexibility index (Phi) is 20.2. The number of nitriles is 3. The molecule has 3 fully saturated rings. The third-order valence-electron chi connectivity index (χ3n) is 11.1. The lowest BCUT2D eigenvalue weighted by molar-refractivity contribution is -0.222. The number of aliphatic hydroxyl groups is 1. The zero-order chi connectivity index (χ0) is 37.6. The molecule has 16 heteroatoms. The molecule has 8 unspecified atom stereocenters. The largest absolute Gasteiger partial charge is 0.449 e. The molecule has 8 atom stereocenters. The van der Waals surface area contributed by atoms with Crippen LogP contribution < -0.4 is 17.0 Å². The summed E-state index contributed by atoms with van der Waals surface area (Å²) < 4.78 is 32.7. The Morgan fingerprint density at radius 2 is 1.29 bits per heavy atom. The Morgan fingerprint density at radius 1 is 0.788 bits per heavy atom. The third-order valence-corrected chi connectivity index (χ3v) is 11.1. The maximum atomic E-state index is 12.9. The van der Waals surface area contributed by atoms with Crippen LogP contribution in [0.5, 0.6) is 0 Å². The number of carbonyl (C=O) groups excluding carboxylic acids is 1. The van der Waals surface area contributed by atoms with Crippen molar-refractivity contribution >= 4 is 6.09 Å². The summed E-state index contributed by atoms with van der Waals surface area (Å²) in [6.07, 6.45) is 15.6. The number of ether oxygens (including phenoxy) is 6. The van der Waals surface area contributed by atoms with Crippen molar-refractivity contribution in [2.45, 2.75) is 96.8 Å². The molecular formula is C36H62N8O8. The Morgan fingerprint density at radius 3 is 1.83 bits per heavy atom. The minimum Gasteiger partial charge on any atom is -0.449 e. The van der Waals surface area contributed by atoms with Crippen molar-refractivity contribution in [2.75, 3.05) is 66.0 Å². The summed E-state index contributed by atoms with van der Waals surface area (Å²) in [7, 11) is 0. The first-order valence-electron chi connectivity index (χ1n) is 19.0. The second kappa shape index (κ2) is 24.2. The number of carbonyl (C=O) groups is 1. The summed E-state index contributed by atoms with van der Waals surface area (Å²) in [5.74, 6) is 14.4. The Balaban J connectivity index is 1.54. The van der Waals surface area contributed by atoms with Crippen LogP contribution in [-0.4, -0.2) is 93.6 Å². The van der Waals surface area contributed by atoms with Gasteiger partial charge in [-0.15, -0.1) is 0 Å². The van der Waals surface area contributed by atoms with Crippen LogP contribution in [0.4, 0.5) is 4.79 Å². The minimum atomic E-state index is -1.39. The smallest absolute Gasteiger partial charge is 0.407 e. The van der Waals surface area contributed by atoms with E-state index in [2.05, 4.69) is 5.32 Å². The Labute approximate surface area is 309 Å². The normalized spacial score (nSPS) is 26.6. The molecule has 0 aromatic rings. The monoisotopic (exact) mass is 734 g/mol. The molecule has 3 aliphatic rings. The van der Waals surface area contributed by atoms with Crippen molar-refractivity contribution in [1.29, 1.82) is 15.8 Å². The van der Waals surface area contributed by atoms with E-state index in [1.165, 1.54) is 5.01 Å². The van der Waals surface area contributed by atoms with E-state index in [1.54, 1.807) is 23.8 Å². The molecule has 0 saturated heterocycles. The highest BCUT2D eigenvalue weighted by atomic mass is 16.6. The van der Waals surface area contributed by atoms with Crippen LogP contribution in [0.15, 0.2) is 0 Å². The van der Waals surface area contributed by atoms with Crippen LogP contribution in [0.25, 0.3) is 0 Å². The van der Waals surface area contributed by atoms with Gasteiger partial charge in [-0.25, -0.2) is 9.80 Å². The molecule has 3 rings (SSSR count). The van der Waals surface area contributed by atoms with Crippen LogP contribution >= 0.6 is 0 Å². The number of nitrogens with one attached hydrogen (secondary N) is 1. The fraction of sp³-hybridized carbons (Fsp3) is 0.889. The van der Waals surface area contributed by atoms with Gasteiger partial charge in [0.1, 0.15) is 33.2 Å². The fourth-order valence-corrected chi connectivity index (χ4v) is 8.07. The number of hydrogen-bond acceptors (Lipinski definition) is 15. The van der Waals surface area contributed by atoms with Crippen molar-refractivity contribution in [3.05, 3.63) is 0 Å². The van der Waals surface area contributed by atoms with Crippen LogP contribution in [0.1, 0.15) is 90.4 Å². The molecular weight excluding hydrogens is 672 g/mol. The van der Waals surface area contributed by atoms with Crippen molar-refractivity contribution < 1.29 is 38.3 Å². The average Bonchev–Trinajstić information content (AvgIpc) is 3.15. The predicted octanol–water partition coefficient (Wildman–Crippen LogP) is 3.64. The molecule has 0 radical (unpaired) electrons. The van der Waals surface area contributed by atoms with E-state index in [0.29, 0.717) is 63.6 Å². The predicted molar refractivity (Wildman–Crippen MR) is 188 cm³/mol. The molecule has 1 amide bonds. The summed E-state index contributed by atoms with van der Waals surface area (Å²) >= 11 is 0. The summed E-state index contributed by atoms with van der Waals surface area (Å²) in [5, 5.41) is 43.0. The van der Waals surface area contributed by atoms with Gasteiger partial charge in [0.15, 0.2) is 0 Å². The molecule has 0 spiro atoms. The van der Waals surface area contributed by atoms with Crippen molar-refractivity contribution in [3.63, 3.8) is 0 Å². The van der Waals surface area contributed by atoms with E-state index in [-0.39, 0.29) is 44.3 Å². The highest BCUT2D eigenvalue weighted by molar-refractivity contribution is 5.67. The number of hydrazine groups is 2. The molecule has 52 heavy (non-hydrogen) atoms. The Bertz CT molecular complexity index is 1150. The third kappa shape index (κ3) is 16.3. The number of rotatable bonds is 23. The fourth-order valence-electron chi connectivity index (χ4n) is 8.07. The van der Waals surface area contributed by atoms with Gasteiger partial charge in [0.2, 0.25) is 6.41 Å². The zero-order valence-corrected chi connectivity index (χ0v) is 31.0. The quantitative estimate of drug-likeness (QED) is 0.0508. The van der Waals surface area contributed by atoms with Crippen LogP contribution in [0.2, 0.25) is 0 Å². The molecule has 0 aliphatic heterocycles. The number of nitrogens with two attached hydrogens (primary N) is 2. The van der Waals surface area contributed by atoms with Crippen molar-refractivity contribution in [1.82, 2.24) is 15.3 Å². The summed E-state index contributed by atoms with van der Waals surface area (Å²) in [5.41, 5.74) is -0.806. The van der Waals surface area contributed by atoms with Crippen LogP contribution in [-0.2, 0) is 28.4 Å². The lowest BCUT2D eigenvalue weighted by Gasteiger charge is -2.36. The van der Waals surface area contributed by atoms with Crippen LogP contribution in [0, 0.1) is 75.5 Å². The highest BCUT2D eigenvalue weighted by Gasteiger charge is 2.34. The summed E-state index contributed by atoms with van der Waals surface area (Å²) in [6, 6.07) is 0. The van der Waals surface area contributed by atoms with Gasteiger partial charge in [-0.3, -0.25) is 11.7 Å². The minimum absolute atomic E-state index is 0.00587. The van der Waals surface area contributed by atoms with E-state index < -0.39 is 17.9 Å². The molecule has 0 aromatic carbocycles. The first-order chi connectivity index (χ1) is 25.2. The highest BCUT2D eigenvalue weighted by Crippen LogP contribution is 2.32. The molecule has 294 valence electrons. The number of alkyl carbamates (subject to hydrolysis) is 1. The molecule has 6 N–H and O–H groups in total. The molecule has 16 nitrogen and oxygen atoms in total. The van der Waals surface area contributed by atoms with Gasteiger partial charge in [0, 0.05) is 19.6 Å². The van der Waals surface area contributed by atoms with Gasteiger partial charge in [-0.2, -0.15) is 20.8 Å². The SMILES string of the molecule is CCC(COCN(N)CC1CCCC(COC#N)C1)(COC(=O)NCC1CCCC(COC#N)C1)COC(O)N(N)CC1CCCC(COC#N)C1. The Hall–Kier alpha value is -3.14. The van der Waals surface area contributed by atoms with Crippen molar-refractivity contribution in [2.24, 2.45) is 52.6 Å². The standard InChI is InChI=1S/C36H62N8O8/c1-2-36(21-50-27-43(40)16-29-7-4-10-32(13-29)19-48-25-38,22-51-34(45)42-15-28-6-3-9-31(12-28)18-47-24-37)23-52-35(46)44(41)17-30-8-5-11-33(14-30)20-49-26-39/h28-33,35,46H,2-23,27,40-41H2,1H3,(H,42,45). The van der Waals surface area contributed by atoms with Gasteiger partial charge in [-0.1, -0.05) is 26.2 Å². The van der Waals surface area contributed by atoms with E-state index in [9.17, 15) is 9.90 Å². The zero-order valence-electron chi connectivity index (χ0n) is 31.0. The van der Waals surface area contributed by atoms with Gasteiger partial charge >= 0.3 is 6.09 Å². The maximum absolute atomic E-state index is 12.9. The van der Waals surface area contributed by atoms with E-state index >= 15 is 0 Å². The van der Waals surface area contributed by atoms with Gasteiger partial charge in [-0.05, 0) is 99.7 Å². The van der Waals surface area contributed by atoms with Crippen molar-refractivity contribution in [3.8, 4) is 18.8 Å². The molecule has 0 bridgehead atoms. The van der Waals surface area contributed by atoms with Gasteiger partial charge in [0.05, 0.1) is 18.6 Å². The lowest BCUT2D eigenvalue weighted by Crippen LogP contribution is -2.49. The topological polar surface area (TPSA) is 235 Å². The van der Waals surface area contributed by atoms with Crippen LogP contribution in [0.3, 0.4) is 0 Å². The number of aliphatic hydroxyl groups excluding tert-OH is 1. The van der Waals surface area contributed by atoms with Gasteiger partial charge < -0.3 is 38.8 Å². The molecule has 3 saturated carbocycles. The number of hydrogen-bond donors (Lipinski definition) is 4. The first kappa shape index (κ1) is 43.3. The van der Waals surface area contributed by atoms with E-state index in [4.69, 9.17) is 55.9 Å². The maximum Gasteiger partial charge on any atom is 0.407 e. The molecule has 3 aliphatic carbocycles. The number of nitrogens with zero attached hydrogens (tertiary/aromatic N) is 5. The van der Waals surface area contributed by atoms with E-state index in [0.717, 1.165) is 77.0 Å². The lowest BCUT2D eigenvalue weighted by atomic mass is 9.82. The number of amides is 1. The second-order valence-electron chi connectivity index (χ2n) is 15.3. The van der Waals surface area contributed by atoms with E-state index in [1.807, 2.05) is 6.92 Å². The van der Waals surface area contributed by atoms with Gasteiger partial charge in [0.25, 0.3) is 18.8 Å². The molecule has 0 aromatic heterocycles. The summed E-state index contributed by atoms with van der Waals surface area (Å²) in [4.78, 5) is 12.9.